The summed E-state index contributed by atoms with van der Waals surface area (Å²) in [5.41, 5.74) is 1.10. The van der Waals surface area contributed by atoms with E-state index >= 15 is 0 Å². The molecule has 1 saturated carbocycles. The first-order valence-electron chi connectivity index (χ1n) is 4.46. The zero-order chi connectivity index (χ0) is 8.70. The molecule has 0 atom stereocenters. The second-order valence-corrected chi connectivity index (χ2v) is 5.83. The highest BCUT2D eigenvalue weighted by atomic mass is 79.9. The first kappa shape index (κ1) is 9.57. The molecule has 66 valence electrons. The topological polar surface area (TPSA) is 0 Å². The van der Waals surface area contributed by atoms with E-state index in [9.17, 15) is 0 Å². The molecule has 0 aromatic rings. The Kier molecular flexibility index (Phi) is 2.40. The van der Waals surface area contributed by atoms with Crippen molar-refractivity contribution in [2.45, 2.75) is 40.5 Å². The molecule has 1 aliphatic carbocycles. The fourth-order valence-corrected chi connectivity index (χ4v) is 4.22. The van der Waals surface area contributed by atoms with E-state index in [1.807, 2.05) is 0 Å². The zero-order valence-electron chi connectivity index (χ0n) is 8.08. The lowest BCUT2D eigenvalue weighted by Crippen LogP contribution is -2.28. The average molecular weight is 219 g/mol. The van der Waals surface area contributed by atoms with Gasteiger partial charge in [-0.25, -0.2) is 0 Å². The first-order chi connectivity index (χ1) is 4.90. The van der Waals surface area contributed by atoms with Crippen LogP contribution in [0.3, 0.4) is 0 Å². The highest BCUT2D eigenvalue weighted by Crippen LogP contribution is 2.54. The van der Waals surface area contributed by atoms with Crippen LogP contribution in [-0.2, 0) is 0 Å². The van der Waals surface area contributed by atoms with Gasteiger partial charge in [-0.2, -0.15) is 0 Å². The third-order valence-corrected chi connectivity index (χ3v) is 4.10. The third kappa shape index (κ3) is 1.63. The minimum absolute atomic E-state index is 0.549. The van der Waals surface area contributed by atoms with Crippen LogP contribution in [0.25, 0.3) is 0 Å². The molecule has 0 spiro atoms. The van der Waals surface area contributed by atoms with Crippen molar-refractivity contribution >= 4 is 15.9 Å². The molecule has 0 unspecified atom stereocenters. The molecule has 0 radical (unpaired) electrons. The molecule has 0 aromatic heterocycles. The van der Waals surface area contributed by atoms with E-state index in [2.05, 4.69) is 43.6 Å². The highest BCUT2D eigenvalue weighted by molar-refractivity contribution is 9.09. The molecule has 1 fully saturated rings. The lowest BCUT2D eigenvalue weighted by atomic mass is 9.74. The standard InChI is InChI=1S/C10H19Br/c1-9(2)5-6-10(3,4)8(9)7-11/h8H,5-7H2,1-4H3. The number of alkyl halides is 1. The van der Waals surface area contributed by atoms with E-state index in [4.69, 9.17) is 0 Å². The van der Waals surface area contributed by atoms with Gasteiger partial charge in [-0.3, -0.25) is 0 Å². The lowest BCUT2D eigenvalue weighted by molar-refractivity contribution is 0.185. The summed E-state index contributed by atoms with van der Waals surface area (Å²) >= 11 is 3.63. The van der Waals surface area contributed by atoms with Crippen molar-refractivity contribution in [3.05, 3.63) is 0 Å². The van der Waals surface area contributed by atoms with Crippen LogP contribution in [0.2, 0.25) is 0 Å². The maximum absolute atomic E-state index is 3.63. The summed E-state index contributed by atoms with van der Waals surface area (Å²) in [4.78, 5) is 0. The molecule has 11 heavy (non-hydrogen) atoms. The minimum Gasteiger partial charge on any atom is -0.0925 e. The van der Waals surface area contributed by atoms with Crippen LogP contribution in [0.15, 0.2) is 0 Å². The Bertz CT molecular complexity index is 131. The fraction of sp³-hybridized carbons (Fsp3) is 1.00. The number of hydrogen-bond donors (Lipinski definition) is 0. The highest BCUT2D eigenvalue weighted by Gasteiger charge is 2.45. The fourth-order valence-electron chi connectivity index (χ4n) is 2.47. The van der Waals surface area contributed by atoms with Gasteiger partial charge in [-0.1, -0.05) is 43.6 Å². The largest absolute Gasteiger partial charge is 0.0925 e. The second kappa shape index (κ2) is 2.76. The molecular weight excluding hydrogens is 200 g/mol. The van der Waals surface area contributed by atoms with Gasteiger partial charge >= 0.3 is 0 Å². The van der Waals surface area contributed by atoms with Gasteiger partial charge in [0.1, 0.15) is 0 Å². The molecule has 0 aromatic carbocycles. The molecule has 0 aliphatic heterocycles. The number of hydrogen-bond acceptors (Lipinski definition) is 0. The predicted molar refractivity (Wildman–Crippen MR) is 54.1 cm³/mol. The van der Waals surface area contributed by atoms with Crippen LogP contribution in [0.1, 0.15) is 40.5 Å². The molecule has 1 rings (SSSR count). The number of halogens is 1. The van der Waals surface area contributed by atoms with Crippen molar-refractivity contribution < 1.29 is 0 Å². The molecule has 0 N–H and O–H groups in total. The van der Waals surface area contributed by atoms with Gasteiger partial charge in [0.2, 0.25) is 0 Å². The van der Waals surface area contributed by atoms with Crippen molar-refractivity contribution in [1.29, 1.82) is 0 Å². The monoisotopic (exact) mass is 218 g/mol. The van der Waals surface area contributed by atoms with Gasteiger partial charge in [-0.15, -0.1) is 0 Å². The molecular formula is C10H19Br. The Morgan fingerprint density at radius 2 is 1.45 bits per heavy atom. The van der Waals surface area contributed by atoms with Crippen LogP contribution in [0.5, 0.6) is 0 Å². The quantitative estimate of drug-likeness (QED) is 0.587. The maximum atomic E-state index is 3.63. The molecule has 0 amide bonds. The Morgan fingerprint density at radius 3 is 1.64 bits per heavy atom. The summed E-state index contributed by atoms with van der Waals surface area (Å²) in [7, 11) is 0. The summed E-state index contributed by atoms with van der Waals surface area (Å²) in [6.45, 7) is 9.59. The van der Waals surface area contributed by atoms with Gasteiger partial charge in [0.15, 0.2) is 0 Å². The number of rotatable bonds is 1. The summed E-state index contributed by atoms with van der Waals surface area (Å²) in [5, 5.41) is 1.16. The summed E-state index contributed by atoms with van der Waals surface area (Å²) in [6.07, 6.45) is 2.77. The van der Waals surface area contributed by atoms with Crippen molar-refractivity contribution in [3.63, 3.8) is 0 Å². The van der Waals surface area contributed by atoms with E-state index in [0.29, 0.717) is 10.8 Å². The Labute approximate surface area is 78.9 Å². The first-order valence-corrected chi connectivity index (χ1v) is 5.58. The Morgan fingerprint density at radius 1 is 1.09 bits per heavy atom. The van der Waals surface area contributed by atoms with Crippen LogP contribution in [-0.4, -0.2) is 5.33 Å². The SMILES string of the molecule is CC1(C)CCC(C)(C)C1CBr. The van der Waals surface area contributed by atoms with Crippen LogP contribution < -0.4 is 0 Å². The van der Waals surface area contributed by atoms with Crippen molar-refractivity contribution in [1.82, 2.24) is 0 Å². The zero-order valence-corrected chi connectivity index (χ0v) is 9.66. The summed E-state index contributed by atoms with van der Waals surface area (Å²) in [5.74, 6) is 0.843. The Hall–Kier alpha value is 0.480. The van der Waals surface area contributed by atoms with Crippen molar-refractivity contribution in [3.8, 4) is 0 Å². The maximum Gasteiger partial charge on any atom is 0.00698 e. The lowest BCUT2D eigenvalue weighted by Gasteiger charge is -2.33. The molecule has 1 heteroatoms. The van der Waals surface area contributed by atoms with Gasteiger partial charge in [-0.05, 0) is 29.6 Å². The second-order valence-electron chi connectivity index (χ2n) is 5.18. The molecule has 0 bridgehead atoms. The third-order valence-electron chi connectivity index (χ3n) is 3.45. The average Bonchev–Trinajstić information content (AvgIpc) is 2.03. The van der Waals surface area contributed by atoms with E-state index in [0.717, 1.165) is 11.2 Å². The predicted octanol–water partition coefficient (Wildman–Crippen LogP) is 3.84. The van der Waals surface area contributed by atoms with Gasteiger partial charge in [0, 0.05) is 5.33 Å². The molecule has 0 heterocycles. The molecule has 0 nitrogen and oxygen atoms in total. The van der Waals surface area contributed by atoms with Crippen LogP contribution in [0, 0.1) is 16.7 Å². The van der Waals surface area contributed by atoms with E-state index in [1.54, 1.807) is 0 Å². The van der Waals surface area contributed by atoms with E-state index < -0.39 is 0 Å². The Balaban J connectivity index is 2.80. The van der Waals surface area contributed by atoms with Crippen molar-refractivity contribution in [2.24, 2.45) is 16.7 Å². The molecule has 1 aliphatic rings. The summed E-state index contributed by atoms with van der Waals surface area (Å²) in [6, 6.07) is 0. The van der Waals surface area contributed by atoms with Crippen molar-refractivity contribution in [2.75, 3.05) is 5.33 Å². The van der Waals surface area contributed by atoms with E-state index in [1.165, 1.54) is 12.8 Å². The van der Waals surface area contributed by atoms with Gasteiger partial charge < -0.3 is 0 Å². The normalized spacial score (nSPS) is 29.2. The van der Waals surface area contributed by atoms with Gasteiger partial charge in [0.25, 0.3) is 0 Å². The smallest absolute Gasteiger partial charge is 0.00698 e. The van der Waals surface area contributed by atoms with Crippen LogP contribution in [0.4, 0.5) is 0 Å². The van der Waals surface area contributed by atoms with Gasteiger partial charge in [0.05, 0.1) is 0 Å². The van der Waals surface area contributed by atoms with E-state index in [-0.39, 0.29) is 0 Å². The minimum atomic E-state index is 0.549. The summed E-state index contributed by atoms with van der Waals surface area (Å²) < 4.78 is 0. The molecule has 0 saturated heterocycles. The van der Waals surface area contributed by atoms with Crippen LogP contribution >= 0.6 is 15.9 Å².